The summed E-state index contributed by atoms with van der Waals surface area (Å²) in [5.41, 5.74) is 1.02. The molecule has 1 aromatic heterocycles. The maximum absolute atomic E-state index is 5.22. The molecule has 2 rings (SSSR count). The Morgan fingerprint density at radius 1 is 1.11 bits per heavy atom. The van der Waals surface area contributed by atoms with Crippen molar-refractivity contribution < 1.29 is 9.47 Å². The van der Waals surface area contributed by atoms with Crippen molar-refractivity contribution in [2.45, 2.75) is 6.54 Å². The van der Waals surface area contributed by atoms with Gasteiger partial charge in [0, 0.05) is 6.07 Å². The Morgan fingerprint density at radius 2 is 1.72 bits per heavy atom. The second-order valence-corrected chi connectivity index (χ2v) is 4.95. The summed E-state index contributed by atoms with van der Waals surface area (Å²) in [6.45, 7) is 0.576. The predicted molar refractivity (Wildman–Crippen MR) is 74.1 cm³/mol. The maximum Gasteiger partial charge on any atom is 0.218 e. The summed E-state index contributed by atoms with van der Waals surface area (Å²) in [7, 11) is 3.25. The van der Waals surface area contributed by atoms with Crippen molar-refractivity contribution in [3.05, 3.63) is 33.2 Å². The molecule has 7 heteroatoms. The van der Waals surface area contributed by atoms with Crippen LogP contribution in [0.5, 0.6) is 11.5 Å². The second kappa shape index (κ2) is 5.71. The molecule has 0 amide bonds. The minimum absolute atomic E-state index is 0.546. The molecule has 0 radical (unpaired) electrons. The Kier molecular flexibility index (Phi) is 4.23. The van der Waals surface area contributed by atoms with Gasteiger partial charge in [0.2, 0.25) is 4.73 Å². The highest BCUT2D eigenvalue weighted by Crippen LogP contribution is 2.23. The lowest BCUT2D eigenvalue weighted by molar-refractivity contribution is 0.393. The van der Waals surface area contributed by atoms with E-state index in [0.717, 1.165) is 17.1 Å². The molecule has 5 nitrogen and oxygen atoms in total. The monoisotopic (exact) mass is 375 g/mol. The van der Waals surface area contributed by atoms with E-state index in [0.29, 0.717) is 16.0 Å². The van der Waals surface area contributed by atoms with Gasteiger partial charge in [-0.3, -0.25) is 0 Å². The van der Waals surface area contributed by atoms with Crippen molar-refractivity contribution in [2.24, 2.45) is 0 Å². The van der Waals surface area contributed by atoms with Gasteiger partial charge < -0.3 is 9.47 Å². The number of halogens is 2. The van der Waals surface area contributed by atoms with Crippen molar-refractivity contribution in [3.8, 4) is 11.5 Å². The zero-order valence-electron chi connectivity index (χ0n) is 9.85. The fourth-order valence-corrected chi connectivity index (χ4v) is 2.50. The average molecular weight is 377 g/mol. The molecule has 2 aromatic rings. The molecule has 0 saturated heterocycles. The highest BCUT2D eigenvalue weighted by Gasteiger charge is 2.08. The van der Waals surface area contributed by atoms with Crippen LogP contribution in [-0.2, 0) is 6.54 Å². The molecule has 0 fully saturated rings. The zero-order chi connectivity index (χ0) is 13.1. The van der Waals surface area contributed by atoms with Gasteiger partial charge in [-0.25, -0.2) is 4.68 Å². The SMILES string of the molecule is COc1cc(Cn2nc(Br)nc2Br)cc(OC)c1. The maximum atomic E-state index is 5.22. The molecule has 0 atom stereocenters. The first kappa shape index (κ1) is 13.4. The Morgan fingerprint density at radius 3 is 2.17 bits per heavy atom. The lowest BCUT2D eigenvalue weighted by Gasteiger charge is -2.08. The molecule has 0 aliphatic carbocycles. The number of hydrogen-bond acceptors (Lipinski definition) is 4. The summed E-state index contributed by atoms with van der Waals surface area (Å²) in [5.74, 6) is 1.50. The normalized spacial score (nSPS) is 10.4. The first-order valence-corrected chi connectivity index (χ1v) is 6.68. The van der Waals surface area contributed by atoms with Crippen molar-refractivity contribution in [2.75, 3.05) is 14.2 Å². The smallest absolute Gasteiger partial charge is 0.218 e. The van der Waals surface area contributed by atoms with Gasteiger partial charge in [0.15, 0.2) is 4.73 Å². The second-order valence-electron chi connectivity index (χ2n) is 3.53. The fourth-order valence-electron chi connectivity index (χ4n) is 1.53. The molecule has 0 bridgehead atoms. The van der Waals surface area contributed by atoms with Gasteiger partial charge >= 0.3 is 0 Å². The van der Waals surface area contributed by atoms with Crippen molar-refractivity contribution in [3.63, 3.8) is 0 Å². The molecule has 0 saturated carbocycles. The van der Waals surface area contributed by atoms with Gasteiger partial charge in [-0.15, -0.1) is 5.10 Å². The third-order valence-corrected chi connectivity index (χ3v) is 3.27. The quantitative estimate of drug-likeness (QED) is 0.823. The number of rotatable bonds is 4. The van der Waals surface area contributed by atoms with Gasteiger partial charge in [-0.2, -0.15) is 4.98 Å². The van der Waals surface area contributed by atoms with E-state index in [9.17, 15) is 0 Å². The first-order valence-electron chi connectivity index (χ1n) is 5.10. The largest absolute Gasteiger partial charge is 0.497 e. The van der Waals surface area contributed by atoms with Gasteiger partial charge in [-0.05, 0) is 49.6 Å². The molecule has 1 heterocycles. The lowest BCUT2D eigenvalue weighted by atomic mass is 10.2. The van der Waals surface area contributed by atoms with Crippen LogP contribution < -0.4 is 9.47 Å². The van der Waals surface area contributed by atoms with Crippen LogP contribution in [0, 0.1) is 0 Å². The molecule has 96 valence electrons. The van der Waals surface area contributed by atoms with Crippen LogP contribution >= 0.6 is 31.9 Å². The Labute approximate surface area is 121 Å². The van der Waals surface area contributed by atoms with Gasteiger partial charge in [0.25, 0.3) is 0 Å². The third kappa shape index (κ3) is 3.02. The van der Waals surface area contributed by atoms with E-state index in [-0.39, 0.29) is 0 Å². The third-order valence-electron chi connectivity index (χ3n) is 2.34. The Hall–Kier alpha value is -1.08. The van der Waals surface area contributed by atoms with E-state index in [2.05, 4.69) is 41.9 Å². The zero-order valence-corrected chi connectivity index (χ0v) is 13.0. The summed E-state index contributed by atoms with van der Waals surface area (Å²) in [6, 6.07) is 5.70. The van der Waals surface area contributed by atoms with Gasteiger partial charge in [0.05, 0.1) is 20.8 Å². The Balaban J connectivity index is 2.30. The van der Waals surface area contributed by atoms with Gasteiger partial charge in [0.1, 0.15) is 11.5 Å². The van der Waals surface area contributed by atoms with E-state index < -0.39 is 0 Å². The number of methoxy groups -OCH3 is 2. The predicted octanol–water partition coefficient (Wildman–Crippen LogP) is 2.87. The van der Waals surface area contributed by atoms with E-state index in [4.69, 9.17) is 9.47 Å². The fraction of sp³-hybridized carbons (Fsp3) is 0.273. The van der Waals surface area contributed by atoms with E-state index in [1.54, 1.807) is 18.9 Å². The molecule has 0 aliphatic heterocycles. The minimum Gasteiger partial charge on any atom is -0.497 e. The van der Waals surface area contributed by atoms with Crippen LogP contribution in [0.3, 0.4) is 0 Å². The minimum atomic E-state index is 0.546. The van der Waals surface area contributed by atoms with Crippen molar-refractivity contribution in [1.29, 1.82) is 0 Å². The summed E-state index contributed by atoms with van der Waals surface area (Å²) < 4.78 is 13.4. The molecule has 0 unspecified atom stereocenters. The number of nitrogens with zero attached hydrogens (tertiary/aromatic N) is 3. The number of benzene rings is 1. The lowest BCUT2D eigenvalue weighted by Crippen LogP contribution is -2.03. The molecule has 0 N–H and O–H groups in total. The van der Waals surface area contributed by atoms with Crippen LogP contribution in [0.2, 0.25) is 0 Å². The van der Waals surface area contributed by atoms with Crippen LogP contribution in [0.25, 0.3) is 0 Å². The molecular formula is C11H11Br2N3O2. The summed E-state index contributed by atoms with van der Waals surface area (Å²) in [4.78, 5) is 4.12. The summed E-state index contributed by atoms with van der Waals surface area (Å²) in [6.07, 6.45) is 0. The Bertz CT molecular complexity index is 535. The van der Waals surface area contributed by atoms with Crippen molar-refractivity contribution >= 4 is 31.9 Å². The molecule has 0 aliphatic rings. The van der Waals surface area contributed by atoms with Crippen molar-refractivity contribution in [1.82, 2.24) is 14.8 Å². The average Bonchev–Trinajstić information content (AvgIpc) is 2.67. The number of hydrogen-bond donors (Lipinski definition) is 0. The standard InChI is InChI=1S/C11H11Br2N3O2/c1-17-8-3-7(4-9(5-8)18-2)6-16-11(13)14-10(12)15-16/h3-5H,6H2,1-2H3. The van der Waals surface area contributed by atoms with Crippen LogP contribution in [0.15, 0.2) is 27.7 Å². The van der Waals surface area contributed by atoms with E-state index in [1.165, 1.54) is 0 Å². The molecule has 0 spiro atoms. The van der Waals surface area contributed by atoms with Crippen LogP contribution in [-0.4, -0.2) is 29.0 Å². The first-order chi connectivity index (χ1) is 8.62. The molecular weight excluding hydrogens is 366 g/mol. The molecule has 18 heavy (non-hydrogen) atoms. The summed E-state index contributed by atoms with van der Waals surface area (Å²) >= 11 is 6.57. The number of ether oxygens (including phenoxy) is 2. The topological polar surface area (TPSA) is 49.2 Å². The van der Waals surface area contributed by atoms with Gasteiger partial charge in [-0.1, -0.05) is 0 Å². The van der Waals surface area contributed by atoms with E-state index in [1.807, 2.05) is 18.2 Å². The highest BCUT2D eigenvalue weighted by molar-refractivity contribution is 9.11. The number of aromatic nitrogens is 3. The van der Waals surface area contributed by atoms with E-state index >= 15 is 0 Å². The summed E-state index contributed by atoms with van der Waals surface area (Å²) in [5, 5.41) is 4.21. The molecule has 1 aromatic carbocycles. The van der Waals surface area contributed by atoms with Crippen LogP contribution in [0.1, 0.15) is 5.56 Å². The highest BCUT2D eigenvalue weighted by atomic mass is 79.9. The van der Waals surface area contributed by atoms with Crippen LogP contribution in [0.4, 0.5) is 0 Å².